The molecule has 0 amide bonds. The van der Waals surface area contributed by atoms with E-state index in [1.807, 2.05) is 18.2 Å². The molecule has 94 valence electrons. The molecule has 1 heterocycles. The molecule has 0 radical (unpaired) electrons. The zero-order chi connectivity index (χ0) is 12.5. The molecule has 2 aromatic rings. The van der Waals surface area contributed by atoms with E-state index in [0.717, 1.165) is 28.8 Å². The van der Waals surface area contributed by atoms with E-state index in [0.29, 0.717) is 16.8 Å². The summed E-state index contributed by atoms with van der Waals surface area (Å²) in [5, 5.41) is 8.91. The van der Waals surface area contributed by atoms with Gasteiger partial charge in [-0.25, -0.2) is 0 Å². The van der Waals surface area contributed by atoms with Crippen molar-refractivity contribution in [3.05, 3.63) is 33.6 Å². The Hall–Kier alpha value is -0.870. The summed E-state index contributed by atoms with van der Waals surface area (Å²) in [6.07, 6.45) is 4.82. The average molecular weight is 328 g/mol. The first-order chi connectivity index (χ1) is 8.74. The molecule has 3 nitrogen and oxygen atoms in total. The smallest absolute Gasteiger partial charge is 0.247 e. The van der Waals surface area contributed by atoms with E-state index in [9.17, 15) is 0 Å². The van der Waals surface area contributed by atoms with Gasteiger partial charge in [0.2, 0.25) is 11.8 Å². The lowest BCUT2D eigenvalue weighted by atomic mass is 10.1. The van der Waals surface area contributed by atoms with Crippen LogP contribution in [0, 0.1) is 0 Å². The molecule has 1 aliphatic rings. The van der Waals surface area contributed by atoms with Gasteiger partial charge in [0, 0.05) is 16.0 Å². The van der Waals surface area contributed by atoms with Crippen molar-refractivity contribution in [2.75, 3.05) is 0 Å². The largest absolute Gasteiger partial charge is 0.420 e. The van der Waals surface area contributed by atoms with E-state index in [2.05, 4.69) is 26.1 Å². The van der Waals surface area contributed by atoms with Gasteiger partial charge in [-0.1, -0.05) is 24.4 Å². The summed E-state index contributed by atoms with van der Waals surface area (Å²) in [6, 6.07) is 5.64. The standard InChI is InChI=1S/C13H12BrClN2O/c14-10-6-5-9(7-11(10)15)13-17-16-12(18-13)8-3-1-2-4-8/h5-8H,1-4H2. The molecule has 5 heteroatoms. The van der Waals surface area contributed by atoms with Crippen molar-refractivity contribution in [1.29, 1.82) is 0 Å². The molecule has 1 fully saturated rings. The first-order valence-corrected chi connectivity index (χ1v) is 7.20. The van der Waals surface area contributed by atoms with Crippen molar-refractivity contribution in [3.63, 3.8) is 0 Å². The van der Waals surface area contributed by atoms with Gasteiger partial charge >= 0.3 is 0 Å². The van der Waals surface area contributed by atoms with E-state index >= 15 is 0 Å². The monoisotopic (exact) mass is 326 g/mol. The molecule has 0 saturated heterocycles. The molecular weight excluding hydrogens is 316 g/mol. The van der Waals surface area contributed by atoms with Crippen LogP contribution in [-0.4, -0.2) is 10.2 Å². The van der Waals surface area contributed by atoms with Crippen LogP contribution in [0.5, 0.6) is 0 Å². The van der Waals surface area contributed by atoms with Crippen LogP contribution in [-0.2, 0) is 0 Å². The molecule has 1 aromatic carbocycles. The minimum Gasteiger partial charge on any atom is -0.420 e. The van der Waals surface area contributed by atoms with Crippen LogP contribution >= 0.6 is 27.5 Å². The van der Waals surface area contributed by atoms with Crippen LogP contribution < -0.4 is 0 Å². The molecule has 1 saturated carbocycles. The average Bonchev–Trinajstić information content (AvgIpc) is 3.01. The van der Waals surface area contributed by atoms with Crippen molar-refractivity contribution in [1.82, 2.24) is 10.2 Å². The highest BCUT2D eigenvalue weighted by atomic mass is 79.9. The van der Waals surface area contributed by atoms with Crippen molar-refractivity contribution in [3.8, 4) is 11.5 Å². The summed E-state index contributed by atoms with van der Waals surface area (Å²) < 4.78 is 6.62. The van der Waals surface area contributed by atoms with Crippen LogP contribution in [0.1, 0.15) is 37.5 Å². The van der Waals surface area contributed by atoms with Gasteiger partial charge < -0.3 is 4.42 Å². The SMILES string of the molecule is Clc1cc(-c2nnc(C3CCCC3)o2)ccc1Br. The Kier molecular flexibility index (Phi) is 3.39. The fraction of sp³-hybridized carbons (Fsp3) is 0.385. The molecule has 1 aromatic heterocycles. The number of rotatable bonds is 2. The normalized spacial score (nSPS) is 16.3. The van der Waals surface area contributed by atoms with Crippen LogP contribution in [0.2, 0.25) is 5.02 Å². The van der Waals surface area contributed by atoms with Crippen LogP contribution in [0.15, 0.2) is 27.1 Å². The van der Waals surface area contributed by atoms with Gasteiger partial charge in [0.05, 0.1) is 5.02 Å². The van der Waals surface area contributed by atoms with E-state index < -0.39 is 0 Å². The first-order valence-electron chi connectivity index (χ1n) is 6.03. The molecular formula is C13H12BrClN2O. The van der Waals surface area contributed by atoms with E-state index in [-0.39, 0.29) is 0 Å². The molecule has 3 rings (SSSR count). The Labute approximate surface area is 119 Å². The minimum absolute atomic E-state index is 0.442. The fourth-order valence-electron chi connectivity index (χ4n) is 2.32. The zero-order valence-electron chi connectivity index (χ0n) is 9.70. The number of hydrogen-bond donors (Lipinski definition) is 0. The van der Waals surface area contributed by atoms with Crippen molar-refractivity contribution in [2.24, 2.45) is 0 Å². The fourth-order valence-corrected chi connectivity index (χ4v) is 2.75. The molecule has 0 N–H and O–H groups in total. The second kappa shape index (κ2) is 5.02. The minimum atomic E-state index is 0.442. The van der Waals surface area contributed by atoms with Gasteiger partial charge in [-0.3, -0.25) is 0 Å². The summed E-state index contributed by atoms with van der Waals surface area (Å²) in [7, 11) is 0. The summed E-state index contributed by atoms with van der Waals surface area (Å²) in [5.41, 5.74) is 0.861. The van der Waals surface area contributed by atoms with Crippen molar-refractivity contribution < 1.29 is 4.42 Å². The van der Waals surface area contributed by atoms with E-state index in [1.165, 1.54) is 12.8 Å². The Bertz CT molecular complexity index is 564. The summed E-state index contributed by atoms with van der Waals surface area (Å²) in [5.74, 6) is 1.75. The van der Waals surface area contributed by atoms with Gasteiger partial charge in [-0.2, -0.15) is 0 Å². The molecule has 0 spiro atoms. The number of nitrogens with zero attached hydrogens (tertiary/aromatic N) is 2. The lowest BCUT2D eigenvalue weighted by Crippen LogP contribution is -1.91. The molecule has 1 aliphatic carbocycles. The van der Waals surface area contributed by atoms with Gasteiger partial charge in [0.15, 0.2) is 0 Å². The second-order valence-corrected chi connectivity index (χ2v) is 5.82. The van der Waals surface area contributed by atoms with Gasteiger partial charge in [0.25, 0.3) is 0 Å². The van der Waals surface area contributed by atoms with Crippen LogP contribution in [0.3, 0.4) is 0 Å². The highest BCUT2D eigenvalue weighted by molar-refractivity contribution is 9.10. The third kappa shape index (κ3) is 2.31. The Balaban J connectivity index is 1.89. The molecule has 0 aliphatic heterocycles. The first kappa shape index (κ1) is 12.2. The maximum Gasteiger partial charge on any atom is 0.247 e. The summed E-state index contributed by atoms with van der Waals surface area (Å²) in [4.78, 5) is 0. The van der Waals surface area contributed by atoms with Crippen molar-refractivity contribution >= 4 is 27.5 Å². The summed E-state index contributed by atoms with van der Waals surface area (Å²) in [6.45, 7) is 0. The third-order valence-electron chi connectivity index (χ3n) is 3.31. The number of benzene rings is 1. The Morgan fingerprint density at radius 3 is 2.72 bits per heavy atom. The molecule has 18 heavy (non-hydrogen) atoms. The lowest BCUT2D eigenvalue weighted by Gasteiger charge is -2.01. The summed E-state index contributed by atoms with van der Waals surface area (Å²) >= 11 is 9.42. The predicted octanol–water partition coefficient (Wildman–Crippen LogP) is 4.81. The maximum atomic E-state index is 6.06. The zero-order valence-corrected chi connectivity index (χ0v) is 12.0. The predicted molar refractivity (Wildman–Crippen MR) is 73.7 cm³/mol. The van der Waals surface area contributed by atoms with Crippen molar-refractivity contribution in [2.45, 2.75) is 31.6 Å². The Morgan fingerprint density at radius 2 is 2.00 bits per heavy atom. The van der Waals surface area contributed by atoms with Gasteiger partial charge in [-0.15, -0.1) is 10.2 Å². The van der Waals surface area contributed by atoms with E-state index in [4.69, 9.17) is 16.0 Å². The van der Waals surface area contributed by atoms with Crippen LogP contribution in [0.4, 0.5) is 0 Å². The molecule has 0 atom stereocenters. The van der Waals surface area contributed by atoms with Gasteiger partial charge in [0.1, 0.15) is 0 Å². The topological polar surface area (TPSA) is 38.9 Å². The highest BCUT2D eigenvalue weighted by Crippen LogP contribution is 2.35. The second-order valence-electron chi connectivity index (χ2n) is 4.56. The molecule has 0 unspecified atom stereocenters. The Morgan fingerprint density at radius 1 is 1.22 bits per heavy atom. The van der Waals surface area contributed by atoms with Gasteiger partial charge in [-0.05, 0) is 47.0 Å². The quantitative estimate of drug-likeness (QED) is 0.794. The lowest BCUT2D eigenvalue weighted by molar-refractivity contribution is 0.457. The van der Waals surface area contributed by atoms with Crippen LogP contribution in [0.25, 0.3) is 11.5 Å². The third-order valence-corrected chi connectivity index (χ3v) is 4.54. The highest BCUT2D eigenvalue weighted by Gasteiger charge is 2.23. The molecule has 0 bridgehead atoms. The number of aromatic nitrogens is 2. The maximum absolute atomic E-state index is 6.06. The number of halogens is 2. The number of hydrogen-bond acceptors (Lipinski definition) is 3. The van der Waals surface area contributed by atoms with E-state index in [1.54, 1.807) is 0 Å².